The van der Waals surface area contributed by atoms with Gasteiger partial charge in [-0.05, 0) is 40.1 Å². The van der Waals surface area contributed by atoms with E-state index in [2.05, 4.69) is 15.1 Å². The minimum atomic E-state index is -0.301. The van der Waals surface area contributed by atoms with Crippen molar-refractivity contribution in [1.82, 2.24) is 20.1 Å². The summed E-state index contributed by atoms with van der Waals surface area (Å²) in [5.74, 6) is 1.06. The van der Waals surface area contributed by atoms with E-state index in [1.807, 2.05) is 43.3 Å². The first-order chi connectivity index (χ1) is 11.8. The number of hydrogen-bond donors (Lipinski definition) is 0. The van der Waals surface area contributed by atoms with Crippen LogP contribution in [-0.4, -0.2) is 25.8 Å². The highest BCUT2D eigenvalue weighted by Gasteiger charge is 2.22. The van der Waals surface area contributed by atoms with Crippen LogP contribution in [0.1, 0.15) is 6.92 Å². The molecule has 0 bridgehead atoms. The molecule has 6 nitrogen and oxygen atoms in total. The first-order valence-corrected chi connectivity index (χ1v) is 8.49. The molecule has 0 N–H and O–H groups in total. The maximum atomic E-state index is 12.6. The van der Waals surface area contributed by atoms with E-state index in [0.717, 1.165) is 22.2 Å². The van der Waals surface area contributed by atoms with Gasteiger partial charge in [-0.25, -0.2) is 4.98 Å². The molecule has 24 heavy (non-hydrogen) atoms. The van der Waals surface area contributed by atoms with E-state index in [1.165, 1.54) is 11.8 Å². The van der Waals surface area contributed by atoms with Crippen molar-refractivity contribution in [3.8, 4) is 17.3 Å². The Morgan fingerprint density at radius 1 is 1.12 bits per heavy atom. The van der Waals surface area contributed by atoms with Gasteiger partial charge in [0.15, 0.2) is 11.0 Å². The Labute approximate surface area is 142 Å². The maximum Gasteiger partial charge on any atom is 0.358 e. The summed E-state index contributed by atoms with van der Waals surface area (Å²) in [5, 5.41) is 18.4. The fraction of sp³-hybridized carbons (Fsp3) is 0.118. The second kappa shape index (κ2) is 6.01. The fourth-order valence-electron chi connectivity index (χ4n) is 2.58. The Hall–Kier alpha value is -2.80. The summed E-state index contributed by atoms with van der Waals surface area (Å²) in [4.78, 5) is 13.0. The molecule has 0 saturated carbocycles. The highest BCUT2D eigenvalue weighted by Crippen LogP contribution is 2.24. The average Bonchev–Trinajstić information content (AvgIpc) is 2.62. The van der Waals surface area contributed by atoms with Crippen molar-refractivity contribution < 1.29 is 9.62 Å². The van der Waals surface area contributed by atoms with Crippen molar-refractivity contribution >= 4 is 28.2 Å². The molecule has 4 rings (SSSR count). The molecule has 4 aromatic rings. The number of rotatable bonds is 3. The Morgan fingerprint density at radius 3 is 2.79 bits per heavy atom. The number of fused-ring (bicyclic) bond motifs is 3. The van der Waals surface area contributed by atoms with Gasteiger partial charge in [0, 0.05) is 18.3 Å². The van der Waals surface area contributed by atoms with Crippen LogP contribution >= 0.6 is 11.8 Å². The van der Waals surface area contributed by atoms with Crippen LogP contribution in [0, 0.1) is 0 Å². The van der Waals surface area contributed by atoms with Crippen LogP contribution in [-0.2, 0) is 0 Å². The average molecular weight is 335 g/mol. The van der Waals surface area contributed by atoms with Gasteiger partial charge in [0.2, 0.25) is 5.16 Å². The summed E-state index contributed by atoms with van der Waals surface area (Å²) in [5.41, 5.74) is 1.96. The third-order valence-electron chi connectivity index (χ3n) is 3.58. The molecule has 0 spiro atoms. The van der Waals surface area contributed by atoms with Crippen LogP contribution in [0.5, 0.6) is 5.88 Å². The largest absolute Gasteiger partial charge is 0.856 e. The van der Waals surface area contributed by atoms with Crippen molar-refractivity contribution in [1.29, 1.82) is 0 Å². The molecule has 0 atom stereocenters. The molecule has 7 heteroatoms. The predicted octanol–water partition coefficient (Wildman–Crippen LogP) is 2.01. The molecule has 0 fully saturated rings. The van der Waals surface area contributed by atoms with Gasteiger partial charge in [0.25, 0.3) is 0 Å². The van der Waals surface area contributed by atoms with Gasteiger partial charge in [0.1, 0.15) is 0 Å². The minimum absolute atomic E-state index is 0.301. The van der Waals surface area contributed by atoms with Gasteiger partial charge in [0.05, 0.1) is 10.9 Å². The van der Waals surface area contributed by atoms with Crippen molar-refractivity contribution in [3.63, 3.8) is 0 Å². The van der Waals surface area contributed by atoms with Crippen LogP contribution in [0.15, 0.2) is 53.9 Å². The Balaban J connectivity index is 2.16. The zero-order chi connectivity index (χ0) is 16.5. The molecule has 0 aliphatic heterocycles. The molecule has 3 heterocycles. The van der Waals surface area contributed by atoms with Gasteiger partial charge in [-0.15, -0.1) is 0 Å². The first-order valence-electron chi connectivity index (χ1n) is 7.51. The third-order valence-corrected chi connectivity index (χ3v) is 4.30. The molecular formula is C17H13N5OS. The van der Waals surface area contributed by atoms with Crippen LogP contribution in [0.4, 0.5) is 0 Å². The smallest absolute Gasteiger partial charge is 0.358 e. The van der Waals surface area contributed by atoms with Gasteiger partial charge < -0.3 is 5.11 Å². The number of hydrogen-bond acceptors (Lipinski definition) is 6. The van der Waals surface area contributed by atoms with E-state index >= 15 is 0 Å². The highest BCUT2D eigenvalue weighted by atomic mass is 32.2. The van der Waals surface area contributed by atoms with Crippen LogP contribution < -0.4 is 9.62 Å². The lowest BCUT2D eigenvalue weighted by Crippen LogP contribution is -2.33. The van der Waals surface area contributed by atoms with E-state index in [1.54, 1.807) is 16.9 Å². The van der Waals surface area contributed by atoms with Crippen LogP contribution in [0.3, 0.4) is 0 Å². The van der Waals surface area contributed by atoms with Gasteiger partial charge in [-0.1, -0.05) is 35.3 Å². The van der Waals surface area contributed by atoms with E-state index < -0.39 is 0 Å². The Morgan fingerprint density at radius 2 is 2.00 bits per heavy atom. The Kier molecular flexibility index (Phi) is 3.70. The number of para-hydroxylation sites is 1. The number of nitrogens with zero attached hydrogens (tertiary/aromatic N) is 5. The molecule has 0 amide bonds. The lowest BCUT2D eigenvalue weighted by Gasteiger charge is -2.10. The molecule has 0 unspecified atom stereocenters. The number of benzene rings is 1. The summed E-state index contributed by atoms with van der Waals surface area (Å²) in [6, 6.07) is 11.2. The monoisotopic (exact) mass is 335 g/mol. The molecular weight excluding hydrogens is 322 g/mol. The third kappa shape index (κ3) is 2.43. The number of thioether (sulfide) groups is 1. The first kappa shape index (κ1) is 14.8. The molecule has 118 valence electrons. The molecule has 3 aromatic heterocycles. The van der Waals surface area contributed by atoms with E-state index in [0.29, 0.717) is 16.5 Å². The van der Waals surface area contributed by atoms with E-state index in [9.17, 15) is 5.11 Å². The summed E-state index contributed by atoms with van der Waals surface area (Å²) < 4.78 is 1.59. The second-order valence-corrected chi connectivity index (χ2v) is 6.32. The van der Waals surface area contributed by atoms with Crippen LogP contribution in [0.25, 0.3) is 27.8 Å². The van der Waals surface area contributed by atoms with E-state index in [4.69, 9.17) is 4.98 Å². The minimum Gasteiger partial charge on any atom is -0.856 e. The predicted molar refractivity (Wildman–Crippen MR) is 89.6 cm³/mol. The summed E-state index contributed by atoms with van der Waals surface area (Å²) in [7, 11) is 0. The van der Waals surface area contributed by atoms with Crippen molar-refractivity contribution in [2.24, 2.45) is 0 Å². The molecule has 0 aliphatic carbocycles. The zero-order valence-electron chi connectivity index (χ0n) is 12.9. The SMILES string of the molecule is CCSc1nc([O-])c2c3ccccc3nc(-c3cccnc3)[n+]2n1. The van der Waals surface area contributed by atoms with Gasteiger partial charge in [-0.3, -0.25) is 4.98 Å². The second-order valence-electron chi connectivity index (χ2n) is 5.09. The van der Waals surface area contributed by atoms with Crippen molar-refractivity contribution in [3.05, 3.63) is 48.8 Å². The van der Waals surface area contributed by atoms with Crippen molar-refractivity contribution in [2.45, 2.75) is 12.1 Å². The Bertz CT molecular complexity index is 1040. The molecule has 0 radical (unpaired) electrons. The summed E-state index contributed by atoms with van der Waals surface area (Å²) in [6.07, 6.45) is 3.41. The topological polar surface area (TPSA) is 78.7 Å². The molecule has 0 saturated heterocycles. The zero-order valence-corrected chi connectivity index (χ0v) is 13.7. The quantitative estimate of drug-likeness (QED) is 0.324. The van der Waals surface area contributed by atoms with Gasteiger partial charge in [-0.2, -0.15) is 0 Å². The summed E-state index contributed by atoms with van der Waals surface area (Å²) >= 11 is 1.43. The fourth-order valence-corrected chi connectivity index (χ4v) is 3.12. The lowest BCUT2D eigenvalue weighted by atomic mass is 10.2. The maximum absolute atomic E-state index is 12.6. The highest BCUT2D eigenvalue weighted by molar-refractivity contribution is 7.99. The molecule has 1 aromatic carbocycles. The lowest BCUT2D eigenvalue weighted by molar-refractivity contribution is -0.579. The summed E-state index contributed by atoms with van der Waals surface area (Å²) in [6.45, 7) is 1.99. The normalized spacial score (nSPS) is 11.2. The molecule has 0 aliphatic rings. The van der Waals surface area contributed by atoms with Gasteiger partial charge >= 0.3 is 5.82 Å². The standard InChI is InChI=1S/C17H13N5OS/c1-2-24-17-20-16(23)14-12-7-3-4-8-13(12)19-15(22(14)21-17)11-6-5-9-18-10-11/h3-10H,2H2,1H3. The number of aromatic nitrogens is 5. The van der Waals surface area contributed by atoms with Crippen LogP contribution in [0.2, 0.25) is 0 Å². The van der Waals surface area contributed by atoms with E-state index in [-0.39, 0.29) is 5.88 Å². The van der Waals surface area contributed by atoms with Crippen molar-refractivity contribution in [2.75, 3.05) is 5.75 Å². The number of pyridine rings is 1.